The molecule has 3 heteroatoms. The fourth-order valence-electron chi connectivity index (χ4n) is 3.18. The fourth-order valence-corrected chi connectivity index (χ4v) is 3.18. The minimum absolute atomic E-state index is 0.0725. The Kier molecular flexibility index (Phi) is 3.76. The first kappa shape index (κ1) is 12.9. The topological polar surface area (TPSA) is 32.3 Å². The number of carbonyl (C=O) groups is 1. The van der Waals surface area contributed by atoms with E-state index in [-0.39, 0.29) is 12.2 Å². The maximum Gasteiger partial charge on any atom is 0.241 e. The molecule has 1 heterocycles. The molecule has 1 aliphatic heterocycles. The lowest BCUT2D eigenvalue weighted by Gasteiger charge is -2.43. The summed E-state index contributed by atoms with van der Waals surface area (Å²) in [6.45, 7) is 8.83. The monoisotopic (exact) mass is 238 g/mol. The van der Waals surface area contributed by atoms with Crippen LogP contribution in [0.4, 0.5) is 0 Å². The van der Waals surface area contributed by atoms with E-state index in [9.17, 15) is 4.79 Å². The van der Waals surface area contributed by atoms with Crippen molar-refractivity contribution >= 4 is 5.91 Å². The smallest absolute Gasteiger partial charge is 0.241 e. The summed E-state index contributed by atoms with van der Waals surface area (Å²) in [6.07, 6.45) is 4.69. The lowest BCUT2D eigenvalue weighted by Crippen LogP contribution is -2.52. The summed E-state index contributed by atoms with van der Waals surface area (Å²) in [7, 11) is 0. The van der Waals surface area contributed by atoms with Crippen molar-refractivity contribution in [2.45, 2.75) is 71.6 Å². The van der Waals surface area contributed by atoms with Crippen LogP contribution < -0.4 is 5.32 Å². The SMILES string of the molecule is CCCC1NC(C(C)C)N(C2CC(C)C2)C1=O. The van der Waals surface area contributed by atoms with E-state index in [0.29, 0.717) is 17.9 Å². The van der Waals surface area contributed by atoms with Crippen LogP contribution in [0.3, 0.4) is 0 Å². The Morgan fingerprint density at radius 3 is 2.53 bits per heavy atom. The van der Waals surface area contributed by atoms with E-state index >= 15 is 0 Å². The molecule has 0 aromatic carbocycles. The third kappa shape index (κ3) is 2.35. The molecule has 1 aliphatic carbocycles. The zero-order chi connectivity index (χ0) is 12.6. The predicted molar refractivity (Wildman–Crippen MR) is 69.5 cm³/mol. The van der Waals surface area contributed by atoms with E-state index in [1.807, 2.05) is 0 Å². The molecule has 3 nitrogen and oxygen atoms in total. The van der Waals surface area contributed by atoms with Crippen molar-refractivity contribution < 1.29 is 4.79 Å². The van der Waals surface area contributed by atoms with Gasteiger partial charge in [0, 0.05) is 6.04 Å². The van der Waals surface area contributed by atoms with Crippen LogP contribution in [-0.4, -0.2) is 29.1 Å². The number of rotatable bonds is 4. The van der Waals surface area contributed by atoms with Crippen LogP contribution in [0.2, 0.25) is 0 Å². The van der Waals surface area contributed by atoms with Gasteiger partial charge in [0.2, 0.25) is 5.91 Å². The summed E-state index contributed by atoms with van der Waals surface area (Å²) in [5, 5.41) is 3.53. The van der Waals surface area contributed by atoms with Gasteiger partial charge in [0.15, 0.2) is 0 Å². The van der Waals surface area contributed by atoms with Crippen LogP contribution in [0.15, 0.2) is 0 Å². The molecule has 0 aromatic rings. The number of hydrogen-bond donors (Lipinski definition) is 1. The number of amides is 1. The summed E-state index contributed by atoms with van der Waals surface area (Å²) >= 11 is 0. The van der Waals surface area contributed by atoms with Crippen LogP contribution in [0.1, 0.15) is 53.4 Å². The number of nitrogens with one attached hydrogen (secondary N) is 1. The molecular formula is C14H26N2O. The molecule has 1 saturated carbocycles. The Hall–Kier alpha value is -0.570. The Balaban J connectivity index is 2.07. The largest absolute Gasteiger partial charge is 0.323 e. The summed E-state index contributed by atoms with van der Waals surface area (Å²) < 4.78 is 0. The average molecular weight is 238 g/mol. The van der Waals surface area contributed by atoms with Crippen molar-refractivity contribution in [3.8, 4) is 0 Å². The highest BCUT2D eigenvalue weighted by molar-refractivity contribution is 5.84. The van der Waals surface area contributed by atoms with Crippen LogP contribution in [-0.2, 0) is 4.79 Å². The van der Waals surface area contributed by atoms with Gasteiger partial charge in [-0.3, -0.25) is 10.1 Å². The van der Waals surface area contributed by atoms with E-state index < -0.39 is 0 Å². The second-order valence-electron chi connectivity index (χ2n) is 6.17. The molecule has 2 atom stereocenters. The number of hydrogen-bond acceptors (Lipinski definition) is 2. The molecule has 0 radical (unpaired) electrons. The van der Waals surface area contributed by atoms with Crippen molar-refractivity contribution in [2.75, 3.05) is 0 Å². The second-order valence-corrected chi connectivity index (χ2v) is 6.17. The molecule has 0 spiro atoms. The van der Waals surface area contributed by atoms with Gasteiger partial charge < -0.3 is 4.90 Å². The van der Waals surface area contributed by atoms with E-state index in [1.165, 1.54) is 12.8 Å². The highest BCUT2D eigenvalue weighted by atomic mass is 16.2. The summed E-state index contributed by atoms with van der Waals surface area (Å²) in [5.41, 5.74) is 0. The molecule has 17 heavy (non-hydrogen) atoms. The van der Waals surface area contributed by atoms with Gasteiger partial charge in [-0.2, -0.15) is 0 Å². The van der Waals surface area contributed by atoms with Crippen molar-refractivity contribution in [1.82, 2.24) is 10.2 Å². The first-order chi connectivity index (χ1) is 8.04. The zero-order valence-corrected chi connectivity index (χ0v) is 11.6. The standard InChI is InChI=1S/C14H26N2O/c1-5-6-12-14(17)16(11-7-10(4)8-11)13(15-12)9(2)3/h9-13,15H,5-8H2,1-4H3. The summed E-state index contributed by atoms with van der Waals surface area (Å²) in [4.78, 5) is 14.6. The van der Waals surface area contributed by atoms with E-state index in [0.717, 1.165) is 18.8 Å². The molecule has 98 valence electrons. The zero-order valence-electron chi connectivity index (χ0n) is 11.6. The van der Waals surface area contributed by atoms with Gasteiger partial charge >= 0.3 is 0 Å². The molecule has 1 N–H and O–H groups in total. The normalized spacial score (nSPS) is 37.7. The molecule has 0 bridgehead atoms. The minimum Gasteiger partial charge on any atom is -0.323 e. The van der Waals surface area contributed by atoms with Crippen molar-refractivity contribution in [3.05, 3.63) is 0 Å². The first-order valence-electron chi connectivity index (χ1n) is 7.12. The molecule has 0 aromatic heterocycles. The van der Waals surface area contributed by atoms with Gasteiger partial charge in [0.25, 0.3) is 0 Å². The Morgan fingerprint density at radius 2 is 2.06 bits per heavy atom. The molecule has 2 aliphatic rings. The van der Waals surface area contributed by atoms with Gasteiger partial charge in [-0.05, 0) is 31.1 Å². The maximum absolute atomic E-state index is 12.4. The lowest BCUT2D eigenvalue weighted by molar-refractivity contribution is -0.135. The molecule has 1 amide bonds. The van der Waals surface area contributed by atoms with Crippen molar-refractivity contribution in [3.63, 3.8) is 0 Å². The highest BCUT2D eigenvalue weighted by Crippen LogP contribution is 2.35. The van der Waals surface area contributed by atoms with Gasteiger partial charge in [-0.15, -0.1) is 0 Å². The van der Waals surface area contributed by atoms with Gasteiger partial charge in [0.05, 0.1) is 12.2 Å². The fraction of sp³-hybridized carbons (Fsp3) is 0.929. The maximum atomic E-state index is 12.4. The molecule has 1 saturated heterocycles. The third-order valence-corrected chi connectivity index (χ3v) is 4.18. The first-order valence-corrected chi connectivity index (χ1v) is 7.12. The molecule has 2 rings (SSSR count). The van der Waals surface area contributed by atoms with Gasteiger partial charge in [-0.25, -0.2) is 0 Å². The molecular weight excluding hydrogens is 212 g/mol. The van der Waals surface area contributed by atoms with Crippen LogP contribution >= 0.6 is 0 Å². The Bertz CT molecular complexity index is 284. The molecule has 2 fully saturated rings. The van der Waals surface area contributed by atoms with E-state index in [2.05, 4.69) is 37.9 Å². The minimum atomic E-state index is 0.0725. The van der Waals surface area contributed by atoms with Gasteiger partial charge in [0.1, 0.15) is 0 Å². The lowest BCUT2D eigenvalue weighted by atomic mass is 9.80. The van der Waals surface area contributed by atoms with E-state index in [1.54, 1.807) is 0 Å². The highest BCUT2D eigenvalue weighted by Gasteiger charge is 2.45. The second kappa shape index (κ2) is 4.97. The third-order valence-electron chi connectivity index (χ3n) is 4.18. The summed E-state index contributed by atoms with van der Waals surface area (Å²) in [5.74, 6) is 1.64. The van der Waals surface area contributed by atoms with Crippen molar-refractivity contribution in [2.24, 2.45) is 11.8 Å². The van der Waals surface area contributed by atoms with Crippen LogP contribution in [0, 0.1) is 11.8 Å². The average Bonchev–Trinajstić information content (AvgIpc) is 2.53. The number of carbonyl (C=O) groups excluding carboxylic acids is 1. The Labute approximate surface area is 105 Å². The van der Waals surface area contributed by atoms with Crippen LogP contribution in [0.5, 0.6) is 0 Å². The van der Waals surface area contributed by atoms with E-state index in [4.69, 9.17) is 0 Å². The quantitative estimate of drug-likeness (QED) is 0.815. The van der Waals surface area contributed by atoms with Crippen molar-refractivity contribution in [1.29, 1.82) is 0 Å². The number of nitrogens with zero attached hydrogens (tertiary/aromatic N) is 1. The Morgan fingerprint density at radius 1 is 1.41 bits per heavy atom. The van der Waals surface area contributed by atoms with Gasteiger partial charge in [-0.1, -0.05) is 34.1 Å². The molecule has 2 unspecified atom stereocenters. The predicted octanol–water partition coefficient (Wildman–Crippen LogP) is 2.37. The van der Waals surface area contributed by atoms with Crippen LogP contribution in [0.25, 0.3) is 0 Å². The summed E-state index contributed by atoms with van der Waals surface area (Å²) in [6, 6.07) is 0.572.